The van der Waals surface area contributed by atoms with Gasteiger partial charge in [-0.25, -0.2) is 18.2 Å². The van der Waals surface area contributed by atoms with Crippen LogP contribution in [0.2, 0.25) is 0 Å². The number of urea groups is 1. The second-order valence-corrected chi connectivity index (χ2v) is 8.78. The molecule has 1 saturated heterocycles. The highest BCUT2D eigenvalue weighted by molar-refractivity contribution is 7.89. The largest absolute Gasteiger partial charge is 0.481 e. The SMILES string of the molecule is CC(C)(CCC(=O)O)NC(=O)Nc1cc(S(=O)(=O)N2CCCC2)ccn1. The van der Waals surface area contributed by atoms with Crippen molar-refractivity contribution in [3.05, 3.63) is 18.3 Å². The molecule has 1 fully saturated rings. The third kappa shape index (κ3) is 5.40. The molecule has 144 valence electrons. The Bertz CT molecular complexity index is 773. The summed E-state index contributed by atoms with van der Waals surface area (Å²) >= 11 is 0. The van der Waals surface area contributed by atoms with Gasteiger partial charge in [0.25, 0.3) is 0 Å². The van der Waals surface area contributed by atoms with Gasteiger partial charge in [0.2, 0.25) is 10.0 Å². The molecule has 0 aliphatic carbocycles. The zero-order chi connectivity index (χ0) is 19.4. The number of nitrogens with one attached hydrogen (secondary N) is 2. The minimum atomic E-state index is -3.59. The molecular weight excluding hydrogens is 360 g/mol. The monoisotopic (exact) mass is 384 g/mol. The van der Waals surface area contributed by atoms with Crippen LogP contribution in [0.3, 0.4) is 0 Å². The molecule has 0 radical (unpaired) electrons. The van der Waals surface area contributed by atoms with Crippen molar-refractivity contribution in [3.8, 4) is 0 Å². The Morgan fingerprint density at radius 2 is 1.96 bits per heavy atom. The van der Waals surface area contributed by atoms with Gasteiger partial charge < -0.3 is 10.4 Å². The van der Waals surface area contributed by atoms with Crippen molar-refractivity contribution in [2.24, 2.45) is 0 Å². The fraction of sp³-hybridized carbons (Fsp3) is 0.562. The van der Waals surface area contributed by atoms with Gasteiger partial charge in [-0.1, -0.05) is 0 Å². The third-order valence-corrected chi connectivity index (χ3v) is 5.99. The molecule has 0 saturated carbocycles. The summed E-state index contributed by atoms with van der Waals surface area (Å²) < 4.78 is 26.5. The van der Waals surface area contributed by atoms with Gasteiger partial charge in [0, 0.05) is 37.3 Å². The van der Waals surface area contributed by atoms with Crippen molar-refractivity contribution in [2.75, 3.05) is 18.4 Å². The number of amides is 2. The molecule has 0 bridgehead atoms. The van der Waals surface area contributed by atoms with Crippen molar-refractivity contribution in [2.45, 2.75) is 50.0 Å². The highest BCUT2D eigenvalue weighted by Crippen LogP contribution is 2.22. The zero-order valence-electron chi connectivity index (χ0n) is 14.9. The number of aliphatic carboxylic acids is 1. The van der Waals surface area contributed by atoms with Crippen LogP contribution in [0.25, 0.3) is 0 Å². The van der Waals surface area contributed by atoms with Gasteiger partial charge in [-0.2, -0.15) is 4.31 Å². The highest BCUT2D eigenvalue weighted by atomic mass is 32.2. The number of carboxylic acid groups (broad SMARTS) is 1. The summed E-state index contributed by atoms with van der Waals surface area (Å²) in [6, 6.07) is 2.13. The molecule has 2 amide bonds. The summed E-state index contributed by atoms with van der Waals surface area (Å²) in [5.74, 6) is -0.835. The molecule has 0 aromatic carbocycles. The van der Waals surface area contributed by atoms with Crippen LogP contribution in [0.4, 0.5) is 10.6 Å². The number of hydrogen-bond donors (Lipinski definition) is 3. The fourth-order valence-corrected chi connectivity index (χ4v) is 4.18. The number of rotatable bonds is 7. The van der Waals surface area contributed by atoms with Crippen molar-refractivity contribution in [3.63, 3.8) is 0 Å². The predicted octanol–water partition coefficient (Wildman–Crippen LogP) is 1.63. The van der Waals surface area contributed by atoms with E-state index >= 15 is 0 Å². The van der Waals surface area contributed by atoms with Gasteiger partial charge in [-0.05, 0) is 39.2 Å². The summed E-state index contributed by atoms with van der Waals surface area (Å²) in [6.45, 7) is 4.39. The second kappa shape index (κ2) is 8.00. The van der Waals surface area contributed by atoms with E-state index in [2.05, 4.69) is 15.6 Å². The van der Waals surface area contributed by atoms with Crippen molar-refractivity contribution in [1.29, 1.82) is 0 Å². The maximum absolute atomic E-state index is 12.6. The molecule has 0 unspecified atom stereocenters. The van der Waals surface area contributed by atoms with Gasteiger partial charge in [-0.15, -0.1) is 0 Å². The molecule has 3 N–H and O–H groups in total. The van der Waals surface area contributed by atoms with Crippen LogP contribution in [0.5, 0.6) is 0 Å². The Balaban J connectivity index is 2.04. The number of hydrogen-bond acceptors (Lipinski definition) is 5. The van der Waals surface area contributed by atoms with Crippen LogP contribution < -0.4 is 10.6 Å². The minimum absolute atomic E-state index is 0.0743. The van der Waals surface area contributed by atoms with Crippen molar-refractivity contribution in [1.82, 2.24) is 14.6 Å². The van der Waals surface area contributed by atoms with E-state index in [1.54, 1.807) is 13.8 Å². The standard InChI is InChI=1S/C16H24N4O5S/c1-16(2,7-5-14(21)22)19-15(23)18-13-11-12(6-8-17-13)26(24,25)20-9-3-4-10-20/h6,8,11H,3-5,7,9-10H2,1-2H3,(H,21,22)(H2,17,18,19,23). The summed E-state index contributed by atoms with van der Waals surface area (Å²) in [6.07, 6.45) is 3.18. The molecule has 0 spiro atoms. The number of nitrogens with zero attached hydrogens (tertiary/aromatic N) is 2. The number of carbonyl (C=O) groups excluding carboxylic acids is 1. The predicted molar refractivity (Wildman–Crippen MR) is 95.3 cm³/mol. The molecule has 1 aliphatic rings. The summed E-state index contributed by atoms with van der Waals surface area (Å²) in [5, 5.41) is 13.9. The number of carboxylic acids is 1. The van der Waals surface area contributed by atoms with Gasteiger partial charge in [-0.3, -0.25) is 10.1 Å². The molecule has 26 heavy (non-hydrogen) atoms. The van der Waals surface area contributed by atoms with E-state index in [1.807, 2.05) is 0 Å². The lowest BCUT2D eigenvalue weighted by atomic mass is 9.99. The van der Waals surface area contributed by atoms with Gasteiger partial charge in [0.05, 0.1) is 4.90 Å². The van der Waals surface area contributed by atoms with Crippen LogP contribution >= 0.6 is 0 Å². The first-order valence-electron chi connectivity index (χ1n) is 8.37. The average molecular weight is 384 g/mol. The first-order chi connectivity index (χ1) is 12.1. The maximum atomic E-state index is 12.6. The van der Waals surface area contributed by atoms with Crippen LogP contribution in [0.15, 0.2) is 23.2 Å². The van der Waals surface area contributed by atoms with E-state index < -0.39 is 27.6 Å². The van der Waals surface area contributed by atoms with Crippen LogP contribution in [0.1, 0.15) is 39.5 Å². The first-order valence-corrected chi connectivity index (χ1v) is 9.81. The van der Waals surface area contributed by atoms with E-state index in [-0.39, 0.29) is 23.6 Å². The minimum Gasteiger partial charge on any atom is -0.481 e. The number of aromatic nitrogens is 1. The molecular formula is C16H24N4O5S. The summed E-state index contributed by atoms with van der Waals surface area (Å²) in [5.41, 5.74) is -0.734. The van der Waals surface area contributed by atoms with Crippen LogP contribution in [0, 0.1) is 0 Å². The molecule has 1 aromatic rings. The molecule has 2 rings (SSSR count). The normalized spacial score (nSPS) is 15.6. The highest BCUT2D eigenvalue weighted by Gasteiger charge is 2.28. The Labute approximate surface area is 152 Å². The van der Waals surface area contributed by atoms with Gasteiger partial charge >= 0.3 is 12.0 Å². The van der Waals surface area contributed by atoms with E-state index in [9.17, 15) is 18.0 Å². The van der Waals surface area contributed by atoms with E-state index in [1.165, 1.54) is 22.6 Å². The van der Waals surface area contributed by atoms with Crippen molar-refractivity contribution >= 4 is 27.8 Å². The number of anilines is 1. The Kier molecular flexibility index (Phi) is 6.19. The zero-order valence-corrected chi connectivity index (χ0v) is 15.7. The maximum Gasteiger partial charge on any atom is 0.320 e. The molecule has 10 heteroatoms. The van der Waals surface area contributed by atoms with E-state index in [0.29, 0.717) is 13.1 Å². The van der Waals surface area contributed by atoms with Gasteiger partial charge in [0.1, 0.15) is 5.82 Å². The Morgan fingerprint density at radius 3 is 2.58 bits per heavy atom. The summed E-state index contributed by atoms with van der Waals surface area (Å²) in [7, 11) is -3.59. The number of carbonyl (C=O) groups is 2. The lowest BCUT2D eigenvalue weighted by Gasteiger charge is -2.25. The summed E-state index contributed by atoms with van der Waals surface area (Å²) in [4.78, 5) is 26.8. The topological polar surface area (TPSA) is 129 Å². The molecule has 2 heterocycles. The Morgan fingerprint density at radius 1 is 1.31 bits per heavy atom. The fourth-order valence-electron chi connectivity index (χ4n) is 2.65. The molecule has 0 atom stereocenters. The average Bonchev–Trinajstić information content (AvgIpc) is 3.08. The lowest BCUT2D eigenvalue weighted by molar-refractivity contribution is -0.137. The molecule has 1 aromatic heterocycles. The number of sulfonamides is 1. The first kappa shape index (κ1) is 20.1. The van der Waals surface area contributed by atoms with E-state index in [4.69, 9.17) is 5.11 Å². The van der Waals surface area contributed by atoms with Crippen molar-refractivity contribution < 1.29 is 23.1 Å². The smallest absolute Gasteiger partial charge is 0.320 e. The quantitative estimate of drug-likeness (QED) is 0.655. The second-order valence-electron chi connectivity index (χ2n) is 6.84. The van der Waals surface area contributed by atoms with Crippen LogP contribution in [-0.4, -0.2) is 53.4 Å². The molecule has 9 nitrogen and oxygen atoms in total. The number of pyridine rings is 1. The van der Waals surface area contributed by atoms with Gasteiger partial charge in [0.15, 0.2) is 0 Å². The third-order valence-electron chi connectivity index (χ3n) is 4.09. The molecule has 1 aliphatic heterocycles. The van der Waals surface area contributed by atoms with E-state index in [0.717, 1.165) is 12.8 Å². The van der Waals surface area contributed by atoms with Crippen LogP contribution in [-0.2, 0) is 14.8 Å². The lowest BCUT2D eigenvalue weighted by Crippen LogP contribution is -2.45. The Hall–Kier alpha value is -2.20.